The van der Waals surface area contributed by atoms with Crippen molar-refractivity contribution in [1.82, 2.24) is 4.98 Å². The fourth-order valence-corrected chi connectivity index (χ4v) is 6.99. The SMILES string of the molecule is CCCCCCCCCCCCN(CCCCCCCCCCCC)c1ccc(-c2nc3ccc(C)cc3s2)cc1. The molecule has 0 aliphatic rings. The second-order valence-electron chi connectivity index (χ2n) is 12.4. The summed E-state index contributed by atoms with van der Waals surface area (Å²) in [6.45, 7) is 9.14. The predicted octanol–water partition coefficient (Wildman–Crippen LogP) is 12.9. The minimum absolute atomic E-state index is 1.11. The van der Waals surface area contributed by atoms with Crippen LogP contribution >= 0.6 is 11.3 Å². The van der Waals surface area contributed by atoms with Gasteiger partial charge in [0.15, 0.2) is 0 Å². The lowest BCUT2D eigenvalue weighted by atomic mass is 10.1. The van der Waals surface area contributed by atoms with Crippen LogP contribution in [0.15, 0.2) is 42.5 Å². The summed E-state index contributed by atoms with van der Waals surface area (Å²) in [6, 6.07) is 15.9. The Morgan fingerprint density at radius 2 is 1.02 bits per heavy atom. The van der Waals surface area contributed by atoms with Gasteiger partial charge < -0.3 is 4.90 Å². The standard InChI is InChI=1S/C38H60N2S/c1-4-6-8-10-12-14-16-18-20-22-30-40(31-23-21-19-17-15-13-11-9-7-5-2)35-27-25-34(26-28-35)38-39-36-29-24-33(3)32-37(36)41-38/h24-29,32H,4-23,30-31H2,1-3H3. The molecule has 0 N–H and O–H groups in total. The number of nitrogens with zero attached hydrogens (tertiary/aromatic N) is 2. The summed E-state index contributed by atoms with van der Waals surface area (Å²) in [7, 11) is 0. The van der Waals surface area contributed by atoms with E-state index in [4.69, 9.17) is 4.98 Å². The fourth-order valence-electron chi connectivity index (χ4n) is 5.92. The Morgan fingerprint density at radius 3 is 1.51 bits per heavy atom. The van der Waals surface area contributed by atoms with Crippen molar-refractivity contribution in [3.8, 4) is 10.6 Å². The largest absolute Gasteiger partial charge is 0.372 e. The van der Waals surface area contributed by atoms with E-state index in [1.807, 2.05) is 11.3 Å². The van der Waals surface area contributed by atoms with Gasteiger partial charge in [-0.15, -0.1) is 11.3 Å². The topological polar surface area (TPSA) is 16.1 Å². The van der Waals surface area contributed by atoms with Gasteiger partial charge in [-0.25, -0.2) is 4.98 Å². The predicted molar refractivity (Wildman–Crippen MR) is 186 cm³/mol. The molecule has 0 bridgehead atoms. The molecule has 0 atom stereocenters. The number of rotatable bonds is 24. The summed E-state index contributed by atoms with van der Waals surface area (Å²) in [4.78, 5) is 7.58. The van der Waals surface area contributed by atoms with E-state index in [9.17, 15) is 0 Å². The molecule has 2 nitrogen and oxygen atoms in total. The van der Waals surface area contributed by atoms with Gasteiger partial charge in [0, 0.05) is 24.3 Å². The zero-order valence-electron chi connectivity index (χ0n) is 26.9. The van der Waals surface area contributed by atoms with Crippen LogP contribution in [-0.2, 0) is 0 Å². The van der Waals surface area contributed by atoms with Crippen LogP contribution in [0.3, 0.4) is 0 Å². The molecule has 0 unspecified atom stereocenters. The zero-order valence-corrected chi connectivity index (χ0v) is 27.7. The Labute approximate surface area is 257 Å². The van der Waals surface area contributed by atoms with Crippen LogP contribution in [-0.4, -0.2) is 18.1 Å². The molecule has 0 spiro atoms. The molecule has 41 heavy (non-hydrogen) atoms. The highest BCUT2D eigenvalue weighted by atomic mass is 32.1. The second-order valence-corrected chi connectivity index (χ2v) is 13.4. The Hall–Kier alpha value is -1.87. The number of anilines is 1. The van der Waals surface area contributed by atoms with Gasteiger partial charge in [-0.3, -0.25) is 0 Å². The molecule has 3 aromatic rings. The molecular weight excluding hydrogens is 516 g/mol. The number of benzene rings is 2. The first-order valence-corrected chi connectivity index (χ1v) is 18.3. The number of hydrogen-bond donors (Lipinski definition) is 0. The monoisotopic (exact) mass is 576 g/mol. The first kappa shape index (κ1) is 33.6. The molecular formula is C38H60N2S. The normalized spacial score (nSPS) is 11.5. The molecule has 3 heteroatoms. The molecule has 0 saturated carbocycles. The van der Waals surface area contributed by atoms with E-state index in [1.165, 1.54) is 163 Å². The van der Waals surface area contributed by atoms with E-state index in [-0.39, 0.29) is 0 Å². The van der Waals surface area contributed by atoms with Crippen molar-refractivity contribution in [2.75, 3.05) is 18.0 Å². The van der Waals surface area contributed by atoms with Gasteiger partial charge in [-0.1, -0.05) is 135 Å². The molecule has 0 radical (unpaired) electrons. The smallest absolute Gasteiger partial charge is 0.124 e. The third-order valence-corrected chi connectivity index (χ3v) is 9.65. The van der Waals surface area contributed by atoms with Crippen LogP contribution < -0.4 is 4.90 Å². The van der Waals surface area contributed by atoms with Crippen LogP contribution in [0.2, 0.25) is 0 Å². The minimum Gasteiger partial charge on any atom is -0.372 e. The first-order valence-electron chi connectivity index (χ1n) is 17.4. The van der Waals surface area contributed by atoms with Crippen LogP contribution in [0.5, 0.6) is 0 Å². The van der Waals surface area contributed by atoms with Gasteiger partial charge in [-0.05, 0) is 61.7 Å². The third kappa shape index (κ3) is 13.3. The second kappa shape index (κ2) is 20.9. The molecule has 228 valence electrons. The Kier molecular flexibility index (Phi) is 17.2. The van der Waals surface area contributed by atoms with E-state index in [0.29, 0.717) is 0 Å². The molecule has 1 heterocycles. The Bertz CT molecular complexity index is 1030. The average molecular weight is 577 g/mol. The summed E-state index contributed by atoms with van der Waals surface area (Å²) in [5, 5.41) is 1.13. The van der Waals surface area contributed by atoms with Gasteiger partial charge in [0.1, 0.15) is 5.01 Å². The van der Waals surface area contributed by atoms with Crippen LogP contribution in [0, 0.1) is 6.92 Å². The van der Waals surface area contributed by atoms with Crippen molar-refractivity contribution in [1.29, 1.82) is 0 Å². The van der Waals surface area contributed by atoms with Crippen molar-refractivity contribution in [3.63, 3.8) is 0 Å². The number of hydrogen-bond acceptors (Lipinski definition) is 3. The quantitative estimate of drug-likeness (QED) is 0.0986. The Morgan fingerprint density at radius 1 is 0.561 bits per heavy atom. The summed E-state index contributed by atoms with van der Waals surface area (Å²) < 4.78 is 1.28. The van der Waals surface area contributed by atoms with E-state index in [0.717, 1.165) is 10.5 Å². The summed E-state index contributed by atoms with van der Waals surface area (Å²) >= 11 is 1.81. The van der Waals surface area contributed by atoms with Crippen molar-refractivity contribution in [2.24, 2.45) is 0 Å². The summed E-state index contributed by atoms with van der Waals surface area (Å²) in [5.41, 5.74) is 5.05. The van der Waals surface area contributed by atoms with Crippen molar-refractivity contribution >= 4 is 27.2 Å². The first-order chi connectivity index (χ1) is 20.2. The van der Waals surface area contributed by atoms with Crippen molar-refractivity contribution < 1.29 is 0 Å². The van der Waals surface area contributed by atoms with E-state index >= 15 is 0 Å². The molecule has 3 rings (SSSR count). The maximum atomic E-state index is 4.92. The lowest BCUT2D eigenvalue weighted by molar-refractivity contribution is 0.543. The maximum Gasteiger partial charge on any atom is 0.124 e. The fraction of sp³-hybridized carbons (Fsp3) is 0.658. The highest BCUT2D eigenvalue weighted by molar-refractivity contribution is 7.21. The molecule has 0 aliphatic heterocycles. The van der Waals surface area contributed by atoms with Gasteiger partial charge in [-0.2, -0.15) is 0 Å². The summed E-state index contributed by atoms with van der Waals surface area (Å²) in [6.07, 6.45) is 28.0. The van der Waals surface area contributed by atoms with Gasteiger partial charge in [0.05, 0.1) is 10.2 Å². The number of fused-ring (bicyclic) bond motifs is 1. The number of aromatic nitrogens is 1. The molecule has 1 aromatic heterocycles. The molecule has 0 fully saturated rings. The van der Waals surface area contributed by atoms with Crippen molar-refractivity contribution in [2.45, 2.75) is 149 Å². The van der Waals surface area contributed by atoms with Gasteiger partial charge in [0.25, 0.3) is 0 Å². The molecule has 2 aromatic carbocycles. The lowest BCUT2D eigenvalue weighted by Crippen LogP contribution is -2.25. The van der Waals surface area contributed by atoms with Crippen LogP contribution in [0.25, 0.3) is 20.8 Å². The highest BCUT2D eigenvalue weighted by Gasteiger charge is 2.10. The van der Waals surface area contributed by atoms with Gasteiger partial charge >= 0.3 is 0 Å². The number of thiazole rings is 1. The maximum absolute atomic E-state index is 4.92. The Balaban J connectivity index is 1.45. The lowest BCUT2D eigenvalue weighted by Gasteiger charge is -2.25. The molecule has 0 amide bonds. The zero-order chi connectivity index (χ0) is 29.0. The number of unbranched alkanes of at least 4 members (excludes halogenated alkanes) is 18. The summed E-state index contributed by atoms with van der Waals surface area (Å²) in [5.74, 6) is 0. The molecule has 0 saturated heterocycles. The van der Waals surface area contributed by atoms with E-state index in [1.54, 1.807) is 0 Å². The molecule has 0 aliphatic carbocycles. The van der Waals surface area contributed by atoms with E-state index in [2.05, 4.69) is 68.1 Å². The van der Waals surface area contributed by atoms with Crippen LogP contribution in [0.1, 0.15) is 148 Å². The average Bonchev–Trinajstić information content (AvgIpc) is 3.41. The van der Waals surface area contributed by atoms with Crippen molar-refractivity contribution in [3.05, 3.63) is 48.0 Å². The third-order valence-electron chi connectivity index (χ3n) is 8.59. The van der Waals surface area contributed by atoms with E-state index < -0.39 is 0 Å². The number of aryl methyl sites for hydroxylation is 1. The van der Waals surface area contributed by atoms with Crippen LogP contribution in [0.4, 0.5) is 5.69 Å². The highest BCUT2D eigenvalue weighted by Crippen LogP contribution is 2.32. The van der Waals surface area contributed by atoms with Gasteiger partial charge in [0.2, 0.25) is 0 Å². The minimum atomic E-state index is 1.11.